The molecule has 0 saturated carbocycles. The largest absolute Gasteiger partial charge is 0.491 e. The van der Waals surface area contributed by atoms with Gasteiger partial charge in [-0.05, 0) is 38.0 Å². The van der Waals surface area contributed by atoms with Crippen molar-refractivity contribution < 1.29 is 14.3 Å². The third-order valence-corrected chi connectivity index (χ3v) is 5.00. The fraction of sp³-hybridized carbons (Fsp3) is 0.350. The molecule has 3 aromatic rings. The van der Waals surface area contributed by atoms with E-state index in [9.17, 15) is 4.79 Å². The first-order valence-electron chi connectivity index (χ1n) is 8.89. The van der Waals surface area contributed by atoms with Crippen molar-refractivity contribution in [3.63, 3.8) is 0 Å². The predicted octanol–water partition coefficient (Wildman–Crippen LogP) is 4.52. The highest BCUT2D eigenvalue weighted by atomic mass is 32.1. The Morgan fingerprint density at radius 2 is 2.15 bits per heavy atom. The Hall–Kier alpha value is -2.67. The van der Waals surface area contributed by atoms with Crippen LogP contribution in [0.1, 0.15) is 36.1 Å². The van der Waals surface area contributed by atoms with E-state index in [4.69, 9.17) is 9.47 Å². The Morgan fingerprint density at radius 1 is 1.33 bits per heavy atom. The van der Waals surface area contributed by atoms with Crippen LogP contribution in [0.5, 0.6) is 5.75 Å². The molecular formula is C20H23N3O3S. The highest BCUT2D eigenvalue weighted by molar-refractivity contribution is 7.17. The van der Waals surface area contributed by atoms with Gasteiger partial charge in [0.1, 0.15) is 15.6 Å². The van der Waals surface area contributed by atoms with E-state index in [2.05, 4.69) is 23.8 Å². The second kappa shape index (κ2) is 8.35. The molecule has 0 aliphatic carbocycles. The summed E-state index contributed by atoms with van der Waals surface area (Å²) in [5.74, 6) is 0.879. The summed E-state index contributed by atoms with van der Waals surface area (Å²) in [5, 5.41) is 0.771. The van der Waals surface area contributed by atoms with Gasteiger partial charge in [-0.15, -0.1) is 11.3 Å². The molecule has 7 heteroatoms. The summed E-state index contributed by atoms with van der Waals surface area (Å²) in [5.41, 5.74) is 2.48. The lowest BCUT2D eigenvalue weighted by atomic mass is 10.2. The molecule has 0 amide bonds. The number of esters is 1. The summed E-state index contributed by atoms with van der Waals surface area (Å²) in [6.45, 7) is 8.81. The first-order chi connectivity index (χ1) is 13.0. The van der Waals surface area contributed by atoms with E-state index in [1.165, 1.54) is 11.3 Å². The van der Waals surface area contributed by atoms with Crippen molar-refractivity contribution in [3.8, 4) is 22.0 Å². The van der Waals surface area contributed by atoms with E-state index < -0.39 is 0 Å². The molecule has 0 fully saturated rings. The summed E-state index contributed by atoms with van der Waals surface area (Å²) >= 11 is 1.34. The summed E-state index contributed by atoms with van der Waals surface area (Å²) in [6, 6.07) is 5.90. The molecule has 6 nitrogen and oxygen atoms in total. The van der Waals surface area contributed by atoms with Crippen molar-refractivity contribution in [2.75, 3.05) is 13.2 Å². The van der Waals surface area contributed by atoms with Crippen LogP contribution in [-0.4, -0.2) is 33.7 Å². The smallest absolute Gasteiger partial charge is 0.350 e. The van der Waals surface area contributed by atoms with Crippen LogP contribution >= 0.6 is 11.3 Å². The van der Waals surface area contributed by atoms with E-state index in [-0.39, 0.29) is 5.97 Å². The fourth-order valence-corrected chi connectivity index (χ4v) is 3.49. The van der Waals surface area contributed by atoms with Crippen molar-refractivity contribution in [1.29, 1.82) is 0 Å². The van der Waals surface area contributed by atoms with Gasteiger partial charge < -0.3 is 14.0 Å². The molecule has 2 heterocycles. The normalized spacial score (nSPS) is 11.0. The van der Waals surface area contributed by atoms with Crippen LogP contribution in [0.2, 0.25) is 0 Å². The SMILES string of the molecule is CCOC(=O)c1sc(-c2ccc(OCC(C)C)c(-n3ccnc3)c2)nc1C. The average molecular weight is 385 g/mol. The Labute approximate surface area is 162 Å². The van der Waals surface area contributed by atoms with E-state index >= 15 is 0 Å². The summed E-state index contributed by atoms with van der Waals surface area (Å²) in [6.07, 6.45) is 5.34. The zero-order valence-corrected chi connectivity index (χ0v) is 16.7. The van der Waals surface area contributed by atoms with Crippen molar-refractivity contribution in [2.24, 2.45) is 5.92 Å². The summed E-state index contributed by atoms with van der Waals surface area (Å²) in [4.78, 5) is 21.3. The predicted molar refractivity (Wildman–Crippen MR) is 106 cm³/mol. The lowest BCUT2D eigenvalue weighted by molar-refractivity contribution is 0.0531. The van der Waals surface area contributed by atoms with Crippen LogP contribution in [0.3, 0.4) is 0 Å². The highest BCUT2D eigenvalue weighted by Crippen LogP contribution is 2.33. The molecular weight excluding hydrogens is 362 g/mol. The van der Waals surface area contributed by atoms with E-state index in [1.807, 2.05) is 35.9 Å². The Bertz CT molecular complexity index is 917. The third kappa shape index (κ3) is 4.36. The van der Waals surface area contributed by atoms with Crippen LogP contribution in [0.15, 0.2) is 36.9 Å². The van der Waals surface area contributed by atoms with Crippen molar-refractivity contribution >= 4 is 17.3 Å². The number of imidazole rings is 1. The van der Waals surface area contributed by atoms with Gasteiger partial charge >= 0.3 is 5.97 Å². The zero-order chi connectivity index (χ0) is 19.4. The van der Waals surface area contributed by atoms with Gasteiger partial charge in [0.05, 0.1) is 30.9 Å². The molecule has 0 atom stereocenters. The second-order valence-electron chi connectivity index (χ2n) is 6.51. The zero-order valence-electron chi connectivity index (χ0n) is 15.9. The molecule has 0 aliphatic rings. The molecule has 2 aromatic heterocycles. The monoisotopic (exact) mass is 385 g/mol. The maximum Gasteiger partial charge on any atom is 0.350 e. The van der Waals surface area contributed by atoms with Crippen LogP contribution in [0, 0.1) is 12.8 Å². The van der Waals surface area contributed by atoms with E-state index in [0.717, 1.165) is 22.0 Å². The maximum absolute atomic E-state index is 12.1. The van der Waals surface area contributed by atoms with Gasteiger partial charge in [-0.3, -0.25) is 0 Å². The Kier molecular flexibility index (Phi) is 5.91. The minimum absolute atomic E-state index is 0.328. The molecule has 0 unspecified atom stereocenters. The first-order valence-corrected chi connectivity index (χ1v) is 9.71. The van der Waals surface area contributed by atoms with Gasteiger partial charge in [0.25, 0.3) is 0 Å². The number of ether oxygens (including phenoxy) is 2. The lowest BCUT2D eigenvalue weighted by Crippen LogP contribution is -2.07. The molecule has 0 N–H and O–H groups in total. The van der Waals surface area contributed by atoms with Crippen LogP contribution in [-0.2, 0) is 4.74 Å². The van der Waals surface area contributed by atoms with Crippen molar-refractivity contribution in [2.45, 2.75) is 27.7 Å². The average Bonchev–Trinajstić information content (AvgIpc) is 3.30. The molecule has 142 valence electrons. The molecule has 0 radical (unpaired) electrons. The fourth-order valence-electron chi connectivity index (χ4n) is 2.54. The summed E-state index contributed by atoms with van der Waals surface area (Å²) < 4.78 is 13.0. The molecule has 3 rings (SSSR count). The number of aryl methyl sites for hydroxylation is 1. The minimum atomic E-state index is -0.328. The number of rotatable bonds is 7. The van der Waals surface area contributed by atoms with Crippen LogP contribution in [0.4, 0.5) is 0 Å². The van der Waals surface area contributed by atoms with Gasteiger partial charge in [-0.2, -0.15) is 0 Å². The van der Waals surface area contributed by atoms with Gasteiger partial charge in [0.15, 0.2) is 0 Å². The lowest BCUT2D eigenvalue weighted by Gasteiger charge is -2.14. The van der Waals surface area contributed by atoms with Crippen LogP contribution in [0.25, 0.3) is 16.3 Å². The molecule has 1 aromatic carbocycles. The number of carbonyl (C=O) groups is 1. The van der Waals surface area contributed by atoms with Gasteiger partial charge in [0.2, 0.25) is 0 Å². The van der Waals surface area contributed by atoms with Gasteiger partial charge in [-0.1, -0.05) is 13.8 Å². The molecule has 0 saturated heterocycles. The molecule has 0 bridgehead atoms. The minimum Gasteiger partial charge on any atom is -0.491 e. The van der Waals surface area contributed by atoms with E-state index in [1.54, 1.807) is 19.4 Å². The maximum atomic E-state index is 12.1. The number of hydrogen-bond acceptors (Lipinski definition) is 6. The molecule has 0 aliphatic heterocycles. The van der Waals surface area contributed by atoms with E-state index in [0.29, 0.717) is 29.7 Å². The third-order valence-electron chi connectivity index (χ3n) is 3.82. The Morgan fingerprint density at radius 3 is 2.81 bits per heavy atom. The van der Waals surface area contributed by atoms with Gasteiger partial charge in [0, 0.05) is 18.0 Å². The Balaban J connectivity index is 1.99. The number of aromatic nitrogens is 3. The number of carbonyl (C=O) groups excluding carboxylic acids is 1. The van der Waals surface area contributed by atoms with Gasteiger partial charge in [-0.25, -0.2) is 14.8 Å². The summed E-state index contributed by atoms with van der Waals surface area (Å²) in [7, 11) is 0. The molecule has 0 spiro atoms. The van der Waals surface area contributed by atoms with Crippen LogP contribution < -0.4 is 4.74 Å². The molecule has 27 heavy (non-hydrogen) atoms. The number of benzene rings is 1. The standard InChI is InChI=1S/C20H23N3O3S/c1-5-25-20(24)18-14(4)22-19(27-18)15-6-7-17(26-11-13(2)3)16(10-15)23-9-8-21-12-23/h6-10,12-13H,5,11H2,1-4H3. The van der Waals surface area contributed by atoms with Crippen molar-refractivity contribution in [3.05, 3.63) is 47.5 Å². The number of hydrogen-bond donors (Lipinski definition) is 0. The second-order valence-corrected chi connectivity index (χ2v) is 7.51. The topological polar surface area (TPSA) is 66.2 Å². The number of thiazole rings is 1. The number of nitrogens with zero attached hydrogens (tertiary/aromatic N) is 3. The highest BCUT2D eigenvalue weighted by Gasteiger charge is 2.18. The quantitative estimate of drug-likeness (QED) is 0.560. The first kappa shape index (κ1) is 19.1. The van der Waals surface area contributed by atoms with Crippen molar-refractivity contribution in [1.82, 2.24) is 14.5 Å².